The summed E-state index contributed by atoms with van der Waals surface area (Å²) in [5, 5.41) is 12.4. The summed E-state index contributed by atoms with van der Waals surface area (Å²) in [5.74, 6) is 0. The van der Waals surface area contributed by atoms with E-state index in [9.17, 15) is 0 Å². The fraction of sp³-hybridized carbons (Fsp3) is 0.417. The molecule has 0 aliphatic rings. The number of hydrogen-bond donors (Lipinski definition) is 0. The summed E-state index contributed by atoms with van der Waals surface area (Å²) < 4.78 is 3.75. The normalized spacial score (nSPS) is 10.6. The molecule has 0 radical (unpaired) electrons. The first-order valence-electron chi connectivity index (χ1n) is 5.86. The van der Waals surface area contributed by atoms with E-state index in [1.807, 2.05) is 33.9 Å². The minimum atomic E-state index is 0.802. The van der Waals surface area contributed by atoms with Gasteiger partial charge in [-0.3, -0.25) is 9.36 Å². The third-order valence-corrected chi connectivity index (χ3v) is 2.54. The molecule has 0 saturated heterocycles. The summed E-state index contributed by atoms with van der Waals surface area (Å²) in [7, 11) is 0. The lowest BCUT2D eigenvalue weighted by Crippen LogP contribution is -2.08. The Morgan fingerprint density at radius 1 is 1.29 bits per heavy atom. The van der Waals surface area contributed by atoms with Gasteiger partial charge >= 0.3 is 0 Å². The molecule has 0 amide bonds. The van der Waals surface area contributed by atoms with Crippen molar-refractivity contribution in [2.24, 2.45) is 0 Å². The van der Waals surface area contributed by atoms with E-state index in [0.717, 1.165) is 38.0 Å². The number of unbranched alkanes of at least 4 members (excludes halogenated alkanes) is 1. The topological polar surface area (TPSA) is 48.5 Å². The molecule has 5 heteroatoms. The maximum Gasteiger partial charge on any atom is 0.0827 e. The molecule has 0 fully saturated rings. The predicted octanol–water partition coefficient (Wildman–Crippen LogP) is 1.68. The molecule has 0 unspecified atom stereocenters. The standard InChI is InChI=1S/C12H17N5/c1-2-3-4-6-12-11-17(15-14-12)10-9-16-8-5-7-13-16/h2,5,7-8,11H,1,3-4,6,9-10H2. The molecule has 0 saturated carbocycles. The van der Waals surface area contributed by atoms with Gasteiger partial charge in [0, 0.05) is 18.6 Å². The first-order valence-corrected chi connectivity index (χ1v) is 5.86. The highest BCUT2D eigenvalue weighted by Crippen LogP contribution is 2.01. The third-order valence-electron chi connectivity index (χ3n) is 2.54. The first-order chi connectivity index (χ1) is 8.38. The number of aryl methyl sites for hydroxylation is 3. The summed E-state index contributed by atoms with van der Waals surface area (Å²) >= 11 is 0. The van der Waals surface area contributed by atoms with E-state index in [1.165, 1.54) is 0 Å². The number of allylic oxidation sites excluding steroid dienone is 1. The largest absolute Gasteiger partial charge is 0.271 e. The fourth-order valence-electron chi connectivity index (χ4n) is 1.63. The number of aromatic nitrogens is 5. The van der Waals surface area contributed by atoms with Gasteiger partial charge in [0.25, 0.3) is 0 Å². The van der Waals surface area contributed by atoms with Crippen molar-refractivity contribution in [1.82, 2.24) is 24.8 Å². The van der Waals surface area contributed by atoms with Crippen LogP contribution in [0.1, 0.15) is 18.5 Å². The van der Waals surface area contributed by atoms with Crippen LogP contribution < -0.4 is 0 Å². The quantitative estimate of drug-likeness (QED) is 0.538. The summed E-state index contributed by atoms with van der Waals surface area (Å²) in [5.41, 5.74) is 1.05. The minimum Gasteiger partial charge on any atom is -0.271 e. The molecule has 2 heterocycles. The van der Waals surface area contributed by atoms with Crippen molar-refractivity contribution < 1.29 is 0 Å². The van der Waals surface area contributed by atoms with Gasteiger partial charge in [0.15, 0.2) is 0 Å². The Hall–Kier alpha value is -1.91. The van der Waals surface area contributed by atoms with Gasteiger partial charge in [-0.25, -0.2) is 0 Å². The number of rotatable bonds is 7. The molecule has 0 aliphatic carbocycles. The van der Waals surface area contributed by atoms with Crippen LogP contribution in [0.15, 0.2) is 37.3 Å². The second-order valence-corrected chi connectivity index (χ2v) is 3.92. The second kappa shape index (κ2) is 5.98. The van der Waals surface area contributed by atoms with Crippen LogP contribution in [-0.2, 0) is 19.5 Å². The van der Waals surface area contributed by atoms with Gasteiger partial charge in [0.2, 0.25) is 0 Å². The summed E-state index contributed by atoms with van der Waals surface area (Å²) in [6.07, 6.45) is 10.7. The van der Waals surface area contributed by atoms with Crippen molar-refractivity contribution in [1.29, 1.82) is 0 Å². The van der Waals surface area contributed by atoms with Crippen LogP contribution in [0.2, 0.25) is 0 Å². The van der Waals surface area contributed by atoms with Crippen LogP contribution in [0.25, 0.3) is 0 Å². The zero-order valence-electron chi connectivity index (χ0n) is 9.87. The third kappa shape index (κ3) is 3.55. The molecule has 0 aromatic carbocycles. The van der Waals surface area contributed by atoms with Gasteiger partial charge in [-0.1, -0.05) is 11.3 Å². The summed E-state index contributed by atoms with van der Waals surface area (Å²) in [4.78, 5) is 0. The van der Waals surface area contributed by atoms with E-state index >= 15 is 0 Å². The molecular weight excluding hydrogens is 214 g/mol. The molecule has 0 bridgehead atoms. The predicted molar refractivity (Wildman–Crippen MR) is 65.4 cm³/mol. The van der Waals surface area contributed by atoms with Gasteiger partial charge < -0.3 is 0 Å². The Morgan fingerprint density at radius 3 is 2.94 bits per heavy atom. The zero-order valence-corrected chi connectivity index (χ0v) is 9.87. The highest BCUT2D eigenvalue weighted by Gasteiger charge is 2.00. The summed E-state index contributed by atoms with van der Waals surface area (Å²) in [6, 6.07) is 1.92. The Kier molecular flexibility index (Phi) is 4.07. The molecule has 2 rings (SSSR count). The second-order valence-electron chi connectivity index (χ2n) is 3.92. The van der Waals surface area contributed by atoms with Crippen molar-refractivity contribution >= 4 is 0 Å². The molecule has 2 aromatic heterocycles. The highest BCUT2D eigenvalue weighted by molar-refractivity contribution is 4.92. The molecule has 0 atom stereocenters. The van der Waals surface area contributed by atoms with E-state index in [-0.39, 0.29) is 0 Å². The van der Waals surface area contributed by atoms with Gasteiger partial charge in [-0.05, 0) is 25.3 Å². The smallest absolute Gasteiger partial charge is 0.0827 e. The van der Waals surface area contributed by atoms with Crippen LogP contribution in [0.3, 0.4) is 0 Å². The van der Waals surface area contributed by atoms with Gasteiger partial charge in [-0.15, -0.1) is 11.7 Å². The molecule has 90 valence electrons. The van der Waals surface area contributed by atoms with Gasteiger partial charge in [0.1, 0.15) is 0 Å². The van der Waals surface area contributed by atoms with Crippen LogP contribution in [-0.4, -0.2) is 24.8 Å². The average Bonchev–Trinajstić information content (AvgIpc) is 2.98. The average molecular weight is 231 g/mol. The van der Waals surface area contributed by atoms with Crippen LogP contribution in [0.4, 0.5) is 0 Å². The Bertz CT molecular complexity index is 443. The Balaban J connectivity index is 1.79. The van der Waals surface area contributed by atoms with Crippen molar-refractivity contribution in [2.45, 2.75) is 32.4 Å². The first kappa shape index (κ1) is 11.6. The Labute approximate surface area is 101 Å². The van der Waals surface area contributed by atoms with Crippen molar-refractivity contribution in [2.75, 3.05) is 0 Å². The van der Waals surface area contributed by atoms with Gasteiger partial charge in [0.05, 0.1) is 18.8 Å². The molecule has 0 N–H and O–H groups in total. The lowest BCUT2D eigenvalue weighted by molar-refractivity contribution is 0.490. The maximum atomic E-state index is 4.14. The van der Waals surface area contributed by atoms with E-state index in [1.54, 1.807) is 6.20 Å². The van der Waals surface area contributed by atoms with Crippen LogP contribution in [0, 0.1) is 0 Å². The SMILES string of the molecule is C=CCCCc1cn(CCn2cccn2)nn1. The maximum absolute atomic E-state index is 4.14. The molecule has 0 aliphatic heterocycles. The number of nitrogens with zero attached hydrogens (tertiary/aromatic N) is 5. The lowest BCUT2D eigenvalue weighted by Gasteiger charge is -2.00. The number of hydrogen-bond acceptors (Lipinski definition) is 3. The molecular formula is C12H17N5. The van der Waals surface area contributed by atoms with Crippen LogP contribution in [0.5, 0.6) is 0 Å². The highest BCUT2D eigenvalue weighted by atomic mass is 15.4. The molecule has 5 nitrogen and oxygen atoms in total. The van der Waals surface area contributed by atoms with E-state index < -0.39 is 0 Å². The van der Waals surface area contributed by atoms with Crippen LogP contribution >= 0.6 is 0 Å². The van der Waals surface area contributed by atoms with E-state index in [4.69, 9.17) is 0 Å². The monoisotopic (exact) mass is 231 g/mol. The summed E-state index contributed by atoms with van der Waals surface area (Å²) in [6.45, 7) is 5.33. The van der Waals surface area contributed by atoms with Gasteiger partial charge in [-0.2, -0.15) is 5.10 Å². The van der Waals surface area contributed by atoms with Crippen molar-refractivity contribution in [3.05, 3.63) is 43.0 Å². The van der Waals surface area contributed by atoms with E-state index in [2.05, 4.69) is 22.0 Å². The van der Waals surface area contributed by atoms with E-state index in [0.29, 0.717) is 0 Å². The van der Waals surface area contributed by atoms with Crippen molar-refractivity contribution in [3.63, 3.8) is 0 Å². The zero-order chi connectivity index (χ0) is 11.9. The molecule has 2 aromatic rings. The fourth-order valence-corrected chi connectivity index (χ4v) is 1.63. The Morgan fingerprint density at radius 2 is 2.18 bits per heavy atom. The van der Waals surface area contributed by atoms with Crippen molar-refractivity contribution in [3.8, 4) is 0 Å². The minimum absolute atomic E-state index is 0.802. The molecule has 17 heavy (non-hydrogen) atoms. The lowest BCUT2D eigenvalue weighted by atomic mass is 10.2. The molecule has 0 spiro atoms.